The topological polar surface area (TPSA) is 154 Å². The van der Waals surface area contributed by atoms with Crippen LogP contribution in [0.2, 0.25) is 0 Å². The highest BCUT2D eigenvalue weighted by atomic mass is 32.3. The minimum absolute atomic E-state index is 0.0526. The van der Waals surface area contributed by atoms with Crippen molar-refractivity contribution in [2.75, 3.05) is 29.4 Å². The number of hydroxylamine groups is 1. The fourth-order valence-electron chi connectivity index (χ4n) is 3.62. The molecule has 5 rings (SSSR count). The van der Waals surface area contributed by atoms with Crippen LogP contribution in [-0.4, -0.2) is 43.6 Å². The van der Waals surface area contributed by atoms with Gasteiger partial charge in [-0.2, -0.15) is 21.6 Å². The summed E-state index contributed by atoms with van der Waals surface area (Å²) in [7, 11) is -3.36. The van der Waals surface area contributed by atoms with E-state index in [1.807, 2.05) is 19.1 Å². The summed E-state index contributed by atoms with van der Waals surface area (Å²) < 4.78 is 82.2. The van der Waals surface area contributed by atoms with Crippen LogP contribution in [0.4, 0.5) is 30.2 Å². The van der Waals surface area contributed by atoms with Crippen molar-refractivity contribution in [1.29, 1.82) is 0 Å². The van der Waals surface area contributed by atoms with Gasteiger partial charge < -0.3 is 20.1 Å². The minimum atomic E-state index is -4.67. The van der Waals surface area contributed by atoms with Crippen molar-refractivity contribution in [3.8, 4) is 11.5 Å². The highest BCUT2D eigenvalue weighted by molar-refractivity contribution is 7.79. The predicted molar refractivity (Wildman–Crippen MR) is 122 cm³/mol. The molecule has 0 radical (unpaired) electrons. The highest BCUT2D eigenvalue weighted by Crippen LogP contribution is 2.43. The molecule has 3 aliphatic heterocycles. The van der Waals surface area contributed by atoms with Crippen molar-refractivity contribution >= 4 is 33.7 Å². The third-order valence-corrected chi connectivity index (χ3v) is 5.11. The fraction of sp³-hybridized carbons (Fsp3) is 0.250. The van der Waals surface area contributed by atoms with E-state index in [4.69, 9.17) is 31.8 Å². The molecule has 0 aliphatic carbocycles. The van der Waals surface area contributed by atoms with Crippen molar-refractivity contribution in [2.45, 2.75) is 19.1 Å². The molecule has 2 bridgehead atoms. The van der Waals surface area contributed by atoms with Gasteiger partial charge in [0.15, 0.2) is 6.73 Å². The summed E-state index contributed by atoms with van der Waals surface area (Å²) in [5.74, 6) is -0.171. The molecule has 36 heavy (non-hydrogen) atoms. The number of nitrogens with zero attached hydrogens (tertiary/aromatic N) is 2. The lowest BCUT2D eigenvalue weighted by molar-refractivity contribution is -0.137. The van der Waals surface area contributed by atoms with Gasteiger partial charge >= 0.3 is 22.5 Å². The Morgan fingerprint density at radius 1 is 1.22 bits per heavy atom. The van der Waals surface area contributed by atoms with E-state index in [1.165, 1.54) is 13.2 Å². The Morgan fingerprint density at radius 2 is 1.94 bits per heavy atom. The summed E-state index contributed by atoms with van der Waals surface area (Å²) in [6, 6.07) is 8.84. The number of rotatable bonds is 4. The molecule has 12 nitrogen and oxygen atoms in total. The summed E-state index contributed by atoms with van der Waals surface area (Å²) in [5.41, 5.74) is 4.38. The summed E-state index contributed by atoms with van der Waals surface area (Å²) in [6.45, 7) is 2.21. The molecule has 0 aromatic heterocycles. The van der Waals surface area contributed by atoms with Gasteiger partial charge in [0, 0.05) is 23.5 Å². The molecule has 5 N–H and O–H groups in total. The van der Waals surface area contributed by atoms with Crippen LogP contribution in [0.25, 0.3) is 0 Å². The van der Waals surface area contributed by atoms with Crippen LogP contribution < -0.4 is 30.5 Å². The molecule has 0 amide bonds. The van der Waals surface area contributed by atoms with Gasteiger partial charge in [-0.3, -0.25) is 14.0 Å². The smallest absolute Gasteiger partial charge is 0.416 e. The van der Waals surface area contributed by atoms with Crippen molar-refractivity contribution in [3.63, 3.8) is 0 Å². The van der Waals surface area contributed by atoms with E-state index in [1.54, 1.807) is 17.2 Å². The number of allylic oxidation sites excluding steroid dienone is 1. The second kappa shape index (κ2) is 9.05. The molecule has 0 saturated carbocycles. The first-order valence-electron chi connectivity index (χ1n) is 10.0. The number of ether oxygens (including phenoxy) is 2. The molecule has 194 valence electrons. The number of nitrogens with one attached hydrogen (secondary N) is 3. The van der Waals surface area contributed by atoms with Gasteiger partial charge in [-0.25, -0.2) is 15.3 Å². The van der Waals surface area contributed by atoms with Gasteiger partial charge in [-0.1, -0.05) is 0 Å². The van der Waals surface area contributed by atoms with Gasteiger partial charge in [0.2, 0.25) is 0 Å². The average Bonchev–Trinajstić information content (AvgIpc) is 3.36. The van der Waals surface area contributed by atoms with Crippen LogP contribution >= 0.6 is 0 Å². The van der Waals surface area contributed by atoms with Crippen LogP contribution in [0, 0.1) is 0 Å². The molecule has 0 spiro atoms. The highest BCUT2D eigenvalue weighted by Gasteiger charge is 2.50. The predicted octanol–water partition coefficient (Wildman–Crippen LogP) is 3.20. The van der Waals surface area contributed by atoms with Crippen LogP contribution in [-0.2, 0) is 21.4 Å². The van der Waals surface area contributed by atoms with Crippen molar-refractivity contribution in [2.24, 2.45) is 4.99 Å². The number of hydrogen-bond acceptors (Lipinski definition) is 10. The Bertz CT molecular complexity index is 1340. The first kappa shape index (κ1) is 25.4. The zero-order chi connectivity index (χ0) is 26.3. The number of aliphatic imine (C=N–C) groups is 1. The molecule has 16 heteroatoms. The molecule has 2 aromatic rings. The average molecular weight is 531 g/mol. The zero-order valence-corrected chi connectivity index (χ0v) is 19.4. The summed E-state index contributed by atoms with van der Waals surface area (Å²) >= 11 is 0. The number of anilines is 3. The third kappa shape index (κ3) is 5.25. The minimum Gasteiger partial charge on any atom is -0.497 e. The van der Waals surface area contributed by atoms with Crippen LogP contribution in [0.15, 0.2) is 52.8 Å². The Hall–Kier alpha value is -3.73. The van der Waals surface area contributed by atoms with E-state index in [9.17, 15) is 13.2 Å². The molecule has 2 aromatic carbocycles. The number of alkyl halides is 3. The largest absolute Gasteiger partial charge is 0.497 e. The molecule has 1 saturated heterocycles. The Labute approximate surface area is 202 Å². The van der Waals surface area contributed by atoms with Gasteiger partial charge in [-0.05, 0) is 37.3 Å². The van der Waals surface area contributed by atoms with Crippen molar-refractivity contribution in [3.05, 3.63) is 53.4 Å². The van der Waals surface area contributed by atoms with Crippen LogP contribution in [0.5, 0.6) is 11.5 Å². The van der Waals surface area contributed by atoms with E-state index >= 15 is 0 Å². The SMILES string of the molecule is COc1cc(NC23N=CC(C)=C(NO2)N3c2ccc3c(c2)NCO3)cc(C(F)(F)F)c1.O=S(=O)(O)O. The van der Waals surface area contributed by atoms with E-state index in [0.717, 1.165) is 23.4 Å². The number of fused-ring (bicyclic) bond motifs is 3. The van der Waals surface area contributed by atoms with Crippen molar-refractivity contribution in [1.82, 2.24) is 5.48 Å². The van der Waals surface area contributed by atoms with Crippen LogP contribution in [0.1, 0.15) is 12.5 Å². The van der Waals surface area contributed by atoms with E-state index < -0.39 is 28.1 Å². The van der Waals surface area contributed by atoms with E-state index in [0.29, 0.717) is 24.0 Å². The summed E-state index contributed by atoms with van der Waals surface area (Å²) in [6.07, 6.45) is -2.95. The molecular weight excluding hydrogens is 511 g/mol. The monoisotopic (exact) mass is 531 g/mol. The zero-order valence-electron chi connectivity index (χ0n) is 18.6. The number of halogens is 3. The fourth-order valence-corrected chi connectivity index (χ4v) is 3.62. The molecular formula is C20H20F3N5O7S. The Balaban J connectivity index is 0.000000556. The van der Waals surface area contributed by atoms with E-state index in [2.05, 4.69) is 21.1 Å². The lowest BCUT2D eigenvalue weighted by Crippen LogP contribution is -2.51. The maximum atomic E-state index is 13.4. The van der Waals surface area contributed by atoms with Crippen molar-refractivity contribution < 1.29 is 45.0 Å². The normalized spacial score (nSPS) is 20.0. The van der Waals surface area contributed by atoms with Gasteiger partial charge in [-0.15, -0.1) is 0 Å². The standard InChI is InChI=1S/C20H18F3N5O3.H2O4S/c1-11-9-25-20(26-13-5-12(19(21,22)23)6-15(7-13)29-2)28(18(11)27-31-20)14-3-4-17-16(8-14)24-10-30-17;1-5(2,3)4/h3-9,24,26-27H,10H2,1-2H3;(H2,1,2,3,4). The first-order chi connectivity index (χ1) is 16.8. The van der Waals surface area contributed by atoms with Gasteiger partial charge in [0.05, 0.1) is 24.0 Å². The molecule has 1 fully saturated rings. The molecule has 1 atom stereocenters. The third-order valence-electron chi connectivity index (χ3n) is 5.11. The lowest BCUT2D eigenvalue weighted by Gasteiger charge is -2.36. The second-order valence-electron chi connectivity index (χ2n) is 7.60. The number of methoxy groups -OCH3 is 1. The maximum Gasteiger partial charge on any atom is 0.416 e. The van der Waals surface area contributed by atoms with Crippen LogP contribution in [0.3, 0.4) is 0 Å². The first-order valence-corrected chi connectivity index (χ1v) is 11.4. The number of hydrogen-bond donors (Lipinski definition) is 5. The summed E-state index contributed by atoms with van der Waals surface area (Å²) in [4.78, 5) is 12.0. The van der Waals surface area contributed by atoms with Gasteiger partial charge in [0.25, 0.3) is 0 Å². The second-order valence-corrected chi connectivity index (χ2v) is 8.50. The summed E-state index contributed by atoms with van der Waals surface area (Å²) in [5, 5.41) is 6.10. The lowest BCUT2D eigenvalue weighted by atomic mass is 10.1. The molecule has 1 unspecified atom stereocenters. The Morgan fingerprint density at radius 3 is 2.61 bits per heavy atom. The maximum absolute atomic E-state index is 13.4. The Kier molecular flexibility index (Phi) is 6.38. The molecule has 3 aliphatic rings. The van der Waals surface area contributed by atoms with Gasteiger partial charge in [0.1, 0.15) is 17.3 Å². The number of benzene rings is 2. The quantitative estimate of drug-likeness (QED) is 0.370. The van der Waals surface area contributed by atoms with E-state index in [-0.39, 0.29) is 11.4 Å². The molecule has 3 heterocycles.